The molecule has 120 valence electrons. The Hall–Kier alpha value is -1.52. The molecule has 5 nitrogen and oxygen atoms in total. The monoisotopic (exact) mass is 295 g/mol. The predicted molar refractivity (Wildman–Crippen MR) is 86.3 cm³/mol. The summed E-state index contributed by atoms with van der Waals surface area (Å²) in [7, 11) is 1.41. The van der Waals surface area contributed by atoms with Crippen LogP contribution >= 0.6 is 0 Å². The maximum absolute atomic E-state index is 11.4. The van der Waals surface area contributed by atoms with E-state index in [2.05, 4.69) is 21.7 Å². The molecule has 0 fully saturated rings. The average molecular weight is 295 g/mol. The Morgan fingerprint density at radius 2 is 2.24 bits per heavy atom. The molecule has 0 bridgehead atoms. The molecule has 0 aromatic rings. The molecular weight excluding hydrogens is 266 g/mol. The summed E-state index contributed by atoms with van der Waals surface area (Å²) >= 11 is 0. The normalized spacial score (nSPS) is 16.9. The molecule has 1 aliphatic carbocycles. The molecule has 21 heavy (non-hydrogen) atoms. The SMILES string of the molecule is CCNC(=NCC(C)C(=O)OC)NCCC1=CCCCC1. The number of carbonyl (C=O) groups excluding carboxylic acids is 1. The van der Waals surface area contributed by atoms with Crippen LogP contribution in [0.25, 0.3) is 0 Å². The van der Waals surface area contributed by atoms with Crippen molar-refractivity contribution in [2.24, 2.45) is 10.9 Å². The van der Waals surface area contributed by atoms with E-state index in [0.29, 0.717) is 6.54 Å². The van der Waals surface area contributed by atoms with Crippen LogP contribution in [0, 0.1) is 5.92 Å². The molecule has 0 amide bonds. The van der Waals surface area contributed by atoms with Crippen LogP contribution < -0.4 is 10.6 Å². The molecule has 1 aliphatic rings. The second-order valence-corrected chi connectivity index (χ2v) is 5.43. The minimum absolute atomic E-state index is 0.216. The number of methoxy groups -OCH3 is 1. The molecule has 0 aliphatic heterocycles. The second kappa shape index (κ2) is 10.2. The first kappa shape index (κ1) is 17.5. The van der Waals surface area contributed by atoms with Gasteiger partial charge in [0.1, 0.15) is 0 Å². The zero-order valence-electron chi connectivity index (χ0n) is 13.6. The van der Waals surface area contributed by atoms with Crippen LogP contribution in [-0.2, 0) is 9.53 Å². The fourth-order valence-corrected chi connectivity index (χ4v) is 2.32. The molecule has 0 saturated carbocycles. The van der Waals surface area contributed by atoms with Gasteiger partial charge in [-0.05, 0) is 39.0 Å². The highest BCUT2D eigenvalue weighted by atomic mass is 16.5. The van der Waals surface area contributed by atoms with Crippen LogP contribution in [0.15, 0.2) is 16.6 Å². The maximum Gasteiger partial charge on any atom is 0.310 e. The van der Waals surface area contributed by atoms with Gasteiger partial charge in [-0.3, -0.25) is 9.79 Å². The smallest absolute Gasteiger partial charge is 0.310 e. The molecule has 0 aromatic heterocycles. The first-order valence-electron chi connectivity index (χ1n) is 7.95. The van der Waals surface area contributed by atoms with E-state index in [0.717, 1.165) is 25.5 Å². The van der Waals surface area contributed by atoms with Crippen molar-refractivity contribution >= 4 is 11.9 Å². The summed E-state index contributed by atoms with van der Waals surface area (Å²) in [6.45, 7) is 5.98. The number of hydrogen-bond acceptors (Lipinski definition) is 3. The van der Waals surface area contributed by atoms with Crippen LogP contribution in [0.2, 0.25) is 0 Å². The van der Waals surface area contributed by atoms with Crippen molar-refractivity contribution in [1.29, 1.82) is 0 Å². The third-order valence-electron chi connectivity index (χ3n) is 3.59. The van der Waals surface area contributed by atoms with Crippen LogP contribution in [0.4, 0.5) is 0 Å². The van der Waals surface area contributed by atoms with Crippen molar-refractivity contribution in [2.45, 2.75) is 46.0 Å². The van der Waals surface area contributed by atoms with E-state index in [9.17, 15) is 4.79 Å². The van der Waals surface area contributed by atoms with E-state index in [4.69, 9.17) is 4.74 Å². The third-order valence-corrected chi connectivity index (χ3v) is 3.59. The van der Waals surface area contributed by atoms with Gasteiger partial charge in [0.15, 0.2) is 5.96 Å². The van der Waals surface area contributed by atoms with Crippen LogP contribution in [0.5, 0.6) is 0 Å². The van der Waals surface area contributed by atoms with Crippen LogP contribution in [0.1, 0.15) is 46.0 Å². The summed E-state index contributed by atoms with van der Waals surface area (Å²) < 4.78 is 4.71. The standard InChI is InChI=1S/C16H29N3O2/c1-4-17-16(19-12-13(2)15(20)21-3)18-11-10-14-8-6-5-7-9-14/h8,13H,4-7,9-12H2,1-3H3,(H2,17,18,19). The van der Waals surface area contributed by atoms with Crippen LogP contribution in [0.3, 0.4) is 0 Å². The third kappa shape index (κ3) is 7.16. The highest BCUT2D eigenvalue weighted by molar-refractivity contribution is 5.80. The molecule has 0 aromatic carbocycles. The van der Waals surface area contributed by atoms with E-state index in [1.54, 1.807) is 5.57 Å². The molecule has 1 atom stereocenters. The van der Waals surface area contributed by atoms with E-state index in [-0.39, 0.29) is 11.9 Å². The molecule has 5 heteroatoms. The number of hydrogen-bond donors (Lipinski definition) is 2. The number of ether oxygens (including phenoxy) is 1. The lowest BCUT2D eigenvalue weighted by atomic mass is 9.97. The van der Waals surface area contributed by atoms with Gasteiger partial charge < -0.3 is 15.4 Å². The number of nitrogens with one attached hydrogen (secondary N) is 2. The van der Waals surface area contributed by atoms with Crippen molar-refractivity contribution in [3.8, 4) is 0 Å². The summed E-state index contributed by atoms with van der Waals surface area (Å²) in [6.07, 6.45) is 8.53. The Labute approximate surface area is 128 Å². The molecule has 0 radical (unpaired) electrons. The number of allylic oxidation sites excluding steroid dienone is 1. The number of nitrogens with zero attached hydrogens (tertiary/aromatic N) is 1. The fraction of sp³-hybridized carbons (Fsp3) is 0.750. The summed E-state index contributed by atoms with van der Waals surface area (Å²) in [6, 6.07) is 0. The molecule has 0 heterocycles. The van der Waals surface area contributed by atoms with Crippen LogP contribution in [-0.4, -0.2) is 38.7 Å². The molecule has 1 rings (SSSR count). The number of carbonyl (C=O) groups is 1. The van der Waals surface area contributed by atoms with E-state index in [1.165, 1.54) is 32.8 Å². The van der Waals surface area contributed by atoms with Gasteiger partial charge in [0.2, 0.25) is 0 Å². The second-order valence-electron chi connectivity index (χ2n) is 5.43. The van der Waals surface area contributed by atoms with Gasteiger partial charge in [-0.15, -0.1) is 0 Å². The predicted octanol–water partition coefficient (Wildman–Crippen LogP) is 2.24. The van der Waals surface area contributed by atoms with Crippen molar-refractivity contribution in [1.82, 2.24) is 10.6 Å². The molecular formula is C16H29N3O2. The first-order valence-corrected chi connectivity index (χ1v) is 7.95. The zero-order chi connectivity index (χ0) is 15.5. The Kier molecular flexibility index (Phi) is 8.55. The maximum atomic E-state index is 11.4. The largest absolute Gasteiger partial charge is 0.469 e. The van der Waals surface area contributed by atoms with Crippen molar-refractivity contribution in [2.75, 3.05) is 26.7 Å². The number of rotatable bonds is 7. The topological polar surface area (TPSA) is 62.7 Å². The molecule has 0 saturated heterocycles. The van der Waals surface area contributed by atoms with Gasteiger partial charge in [-0.25, -0.2) is 0 Å². The van der Waals surface area contributed by atoms with Gasteiger partial charge in [0.25, 0.3) is 0 Å². The highest BCUT2D eigenvalue weighted by Gasteiger charge is 2.12. The van der Waals surface area contributed by atoms with Crippen molar-refractivity contribution in [3.63, 3.8) is 0 Å². The Morgan fingerprint density at radius 3 is 2.86 bits per heavy atom. The Morgan fingerprint density at radius 1 is 1.43 bits per heavy atom. The van der Waals surface area contributed by atoms with Crippen molar-refractivity contribution in [3.05, 3.63) is 11.6 Å². The lowest BCUT2D eigenvalue weighted by Gasteiger charge is -2.15. The summed E-state index contributed by atoms with van der Waals surface area (Å²) in [4.78, 5) is 15.8. The molecule has 2 N–H and O–H groups in total. The van der Waals surface area contributed by atoms with Gasteiger partial charge in [0, 0.05) is 13.1 Å². The summed E-state index contributed by atoms with van der Waals surface area (Å²) in [5, 5.41) is 6.53. The number of esters is 1. The summed E-state index contributed by atoms with van der Waals surface area (Å²) in [5.74, 6) is 0.332. The van der Waals surface area contributed by atoms with E-state index >= 15 is 0 Å². The van der Waals surface area contributed by atoms with Crippen molar-refractivity contribution < 1.29 is 9.53 Å². The summed E-state index contributed by atoms with van der Waals surface area (Å²) in [5.41, 5.74) is 1.55. The minimum Gasteiger partial charge on any atom is -0.469 e. The molecule has 1 unspecified atom stereocenters. The van der Waals surface area contributed by atoms with E-state index in [1.807, 2.05) is 13.8 Å². The molecule has 0 spiro atoms. The van der Waals surface area contributed by atoms with Gasteiger partial charge in [-0.1, -0.05) is 18.6 Å². The van der Waals surface area contributed by atoms with Gasteiger partial charge in [0.05, 0.1) is 19.6 Å². The number of aliphatic imine (C=N–C) groups is 1. The van der Waals surface area contributed by atoms with Gasteiger partial charge >= 0.3 is 5.97 Å². The first-order chi connectivity index (χ1) is 10.2. The fourth-order valence-electron chi connectivity index (χ4n) is 2.32. The number of guanidine groups is 1. The Balaban J connectivity index is 2.37. The lowest BCUT2D eigenvalue weighted by Crippen LogP contribution is -2.38. The minimum atomic E-state index is -0.220. The quantitative estimate of drug-likeness (QED) is 0.327. The highest BCUT2D eigenvalue weighted by Crippen LogP contribution is 2.19. The zero-order valence-corrected chi connectivity index (χ0v) is 13.6. The van der Waals surface area contributed by atoms with E-state index < -0.39 is 0 Å². The lowest BCUT2D eigenvalue weighted by molar-refractivity contribution is -0.144. The van der Waals surface area contributed by atoms with Gasteiger partial charge in [-0.2, -0.15) is 0 Å². The Bertz CT molecular complexity index is 378. The average Bonchev–Trinajstić information content (AvgIpc) is 2.52.